The van der Waals surface area contributed by atoms with Crippen LogP contribution in [0.5, 0.6) is 0 Å². The monoisotopic (exact) mass is 281 g/mol. The van der Waals surface area contributed by atoms with Crippen molar-refractivity contribution in [3.63, 3.8) is 0 Å². The lowest BCUT2D eigenvalue weighted by molar-refractivity contribution is 0.427. The molecule has 2 aromatic heterocycles. The molecule has 1 aromatic carbocycles. The van der Waals surface area contributed by atoms with E-state index in [0.717, 1.165) is 29.3 Å². The van der Waals surface area contributed by atoms with E-state index < -0.39 is 0 Å². The van der Waals surface area contributed by atoms with Gasteiger partial charge in [0, 0.05) is 12.6 Å². The van der Waals surface area contributed by atoms with Gasteiger partial charge in [-0.3, -0.25) is 0 Å². The molecule has 0 aliphatic rings. The van der Waals surface area contributed by atoms with Crippen LogP contribution in [0, 0.1) is 0 Å². The molecule has 0 saturated heterocycles. The van der Waals surface area contributed by atoms with Gasteiger partial charge in [-0.05, 0) is 37.4 Å². The molecule has 0 radical (unpaired) electrons. The van der Waals surface area contributed by atoms with E-state index in [2.05, 4.69) is 17.3 Å². The van der Waals surface area contributed by atoms with Crippen molar-refractivity contribution in [3.05, 3.63) is 71.9 Å². The summed E-state index contributed by atoms with van der Waals surface area (Å²) in [6.45, 7) is 2.09. The maximum atomic E-state index is 5.90. The van der Waals surface area contributed by atoms with E-state index in [0.29, 0.717) is 0 Å². The summed E-state index contributed by atoms with van der Waals surface area (Å²) in [5.41, 5.74) is 2.10. The zero-order chi connectivity index (χ0) is 14.7. The second-order valence-corrected chi connectivity index (χ2v) is 4.88. The van der Waals surface area contributed by atoms with Gasteiger partial charge in [-0.2, -0.15) is 5.10 Å². The second kappa shape index (κ2) is 5.97. The van der Waals surface area contributed by atoms with Crippen LogP contribution in [0.15, 0.2) is 59.1 Å². The molecule has 4 nitrogen and oxygen atoms in total. The zero-order valence-electron chi connectivity index (χ0n) is 12.3. The third-order valence-corrected chi connectivity index (χ3v) is 3.57. The molecule has 3 aromatic rings. The molecule has 0 amide bonds. The van der Waals surface area contributed by atoms with Gasteiger partial charge in [-0.15, -0.1) is 0 Å². The van der Waals surface area contributed by atoms with Gasteiger partial charge >= 0.3 is 0 Å². The van der Waals surface area contributed by atoms with Crippen molar-refractivity contribution in [1.82, 2.24) is 15.1 Å². The van der Waals surface area contributed by atoms with Crippen molar-refractivity contribution in [3.8, 4) is 5.69 Å². The van der Waals surface area contributed by atoms with E-state index in [-0.39, 0.29) is 6.04 Å². The van der Waals surface area contributed by atoms with Crippen molar-refractivity contribution in [2.24, 2.45) is 0 Å². The highest BCUT2D eigenvalue weighted by Crippen LogP contribution is 2.25. The first kappa shape index (κ1) is 13.6. The van der Waals surface area contributed by atoms with Crippen molar-refractivity contribution in [2.75, 3.05) is 7.05 Å². The lowest BCUT2D eigenvalue weighted by Gasteiger charge is -2.16. The Hall–Kier alpha value is -2.33. The Morgan fingerprint density at radius 1 is 1.14 bits per heavy atom. The van der Waals surface area contributed by atoms with Gasteiger partial charge in [0.05, 0.1) is 11.4 Å². The fourth-order valence-corrected chi connectivity index (χ4v) is 2.49. The molecule has 1 atom stereocenters. The molecule has 1 unspecified atom stereocenters. The quantitative estimate of drug-likeness (QED) is 0.780. The SMILES string of the molecule is CCc1ccc(C(NC)c2ccnn2-c2ccccc2)o1. The van der Waals surface area contributed by atoms with E-state index in [9.17, 15) is 0 Å². The highest BCUT2D eigenvalue weighted by atomic mass is 16.3. The molecule has 21 heavy (non-hydrogen) atoms. The first-order chi connectivity index (χ1) is 10.3. The largest absolute Gasteiger partial charge is 0.464 e. The summed E-state index contributed by atoms with van der Waals surface area (Å²) in [6, 6.07) is 16.2. The van der Waals surface area contributed by atoms with Gasteiger partial charge in [0.2, 0.25) is 0 Å². The number of aryl methyl sites for hydroxylation is 1. The van der Waals surface area contributed by atoms with Crippen molar-refractivity contribution in [2.45, 2.75) is 19.4 Å². The van der Waals surface area contributed by atoms with E-state index in [1.165, 1.54) is 0 Å². The molecule has 3 rings (SSSR count). The van der Waals surface area contributed by atoms with Crippen LogP contribution in [-0.2, 0) is 6.42 Å². The Kier molecular flexibility index (Phi) is 3.88. The minimum atomic E-state index is -0.0204. The van der Waals surface area contributed by atoms with E-state index in [4.69, 9.17) is 4.42 Å². The Bertz CT molecular complexity index is 700. The first-order valence-corrected chi connectivity index (χ1v) is 7.18. The molecule has 0 fully saturated rings. The summed E-state index contributed by atoms with van der Waals surface area (Å²) in [7, 11) is 1.93. The maximum Gasteiger partial charge on any atom is 0.127 e. The summed E-state index contributed by atoms with van der Waals surface area (Å²) >= 11 is 0. The summed E-state index contributed by atoms with van der Waals surface area (Å²) in [5, 5.41) is 7.76. The molecule has 0 spiro atoms. The number of para-hydroxylation sites is 1. The van der Waals surface area contributed by atoms with Gasteiger partial charge in [0.1, 0.15) is 17.6 Å². The van der Waals surface area contributed by atoms with Gasteiger partial charge in [-0.25, -0.2) is 4.68 Å². The Balaban J connectivity index is 2.01. The molecule has 0 aliphatic carbocycles. The molecular formula is C17H19N3O. The van der Waals surface area contributed by atoms with Crippen LogP contribution in [0.4, 0.5) is 0 Å². The molecule has 0 aliphatic heterocycles. The van der Waals surface area contributed by atoms with Crippen molar-refractivity contribution < 1.29 is 4.42 Å². The highest BCUT2D eigenvalue weighted by Gasteiger charge is 2.20. The predicted molar refractivity (Wildman–Crippen MR) is 82.6 cm³/mol. The standard InChI is InChI=1S/C17H19N3O/c1-3-14-9-10-16(21-14)17(18-2)15-11-12-19-20(15)13-7-5-4-6-8-13/h4-12,17-18H,3H2,1-2H3. The van der Waals surface area contributed by atoms with Gasteiger partial charge in [-0.1, -0.05) is 25.1 Å². The summed E-state index contributed by atoms with van der Waals surface area (Å²) in [6.07, 6.45) is 2.71. The van der Waals surface area contributed by atoms with Gasteiger partial charge < -0.3 is 9.73 Å². The third-order valence-electron chi connectivity index (χ3n) is 3.57. The highest BCUT2D eigenvalue weighted by molar-refractivity contribution is 5.35. The maximum absolute atomic E-state index is 5.90. The average molecular weight is 281 g/mol. The lowest BCUT2D eigenvalue weighted by Crippen LogP contribution is -2.20. The summed E-state index contributed by atoms with van der Waals surface area (Å²) in [5.74, 6) is 1.91. The number of nitrogens with zero attached hydrogens (tertiary/aromatic N) is 2. The van der Waals surface area contributed by atoms with Crippen LogP contribution < -0.4 is 5.32 Å². The van der Waals surface area contributed by atoms with Crippen molar-refractivity contribution >= 4 is 0 Å². The molecule has 108 valence electrons. The Morgan fingerprint density at radius 2 is 1.95 bits per heavy atom. The smallest absolute Gasteiger partial charge is 0.127 e. The van der Waals surface area contributed by atoms with Crippen LogP contribution in [-0.4, -0.2) is 16.8 Å². The van der Waals surface area contributed by atoms with Gasteiger partial charge in [0.25, 0.3) is 0 Å². The number of aromatic nitrogens is 2. The molecule has 0 saturated carbocycles. The number of hydrogen-bond acceptors (Lipinski definition) is 3. The molecule has 4 heteroatoms. The van der Waals surface area contributed by atoms with Crippen LogP contribution in [0.2, 0.25) is 0 Å². The normalized spacial score (nSPS) is 12.5. The fraction of sp³-hybridized carbons (Fsp3) is 0.235. The minimum absolute atomic E-state index is 0.0204. The number of nitrogens with one attached hydrogen (secondary N) is 1. The summed E-state index contributed by atoms with van der Waals surface area (Å²) in [4.78, 5) is 0. The molecule has 1 N–H and O–H groups in total. The number of hydrogen-bond donors (Lipinski definition) is 1. The Labute approximate surface area is 124 Å². The number of furan rings is 1. The van der Waals surface area contributed by atoms with Crippen LogP contribution in [0.25, 0.3) is 5.69 Å². The lowest BCUT2D eigenvalue weighted by atomic mass is 10.1. The zero-order valence-corrected chi connectivity index (χ0v) is 12.3. The Morgan fingerprint density at radius 3 is 2.62 bits per heavy atom. The number of rotatable bonds is 5. The fourth-order valence-electron chi connectivity index (χ4n) is 2.49. The van der Waals surface area contributed by atoms with Crippen LogP contribution in [0.3, 0.4) is 0 Å². The van der Waals surface area contributed by atoms with Crippen LogP contribution >= 0.6 is 0 Å². The minimum Gasteiger partial charge on any atom is -0.464 e. The molecule has 0 bridgehead atoms. The molecule has 2 heterocycles. The van der Waals surface area contributed by atoms with E-state index >= 15 is 0 Å². The topological polar surface area (TPSA) is 43.0 Å². The summed E-state index contributed by atoms with van der Waals surface area (Å²) < 4.78 is 7.84. The van der Waals surface area contributed by atoms with Gasteiger partial charge in [0.15, 0.2) is 0 Å². The third kappa shape index (κ3) is 2.62. The average Bonchev–Trinajstić information content (AvgIpc) is 3.19. The second-order valence-electron chi connectivity index (χ2n) is 4.88. The number of benzene rings is 1. The first-order valence-electron chi connectivity index (χ1n) is 7.18. The van der Waals surface area contributed by atoms with Crippen LogP contribution in [0.1, 0.15) is 30.2 Å². The predicted octanol–water partition coefficient (Wildman–Crippen LogP) is 3.34. The van der Waals surface area contributed by atoms with Crippen molar-refractivity contribution in [1.29, 1.82) is 0 Å². The van der Waals surface area contributed by atoms with E-state index in [1.807, 2.05) is 66.5 Å². The van der Waals surface area contributed by atoms with E-state index in [1.54, 1.807) is 0 Å². The molecular weight excluding hydrogens is 262 g/mol.